The summed E-state index contributed by atoms with van der Waals surface area (Å²) in [5, 5.41) is 12.0. The van der Waals surface area contributed by atoms with Crippen molar-refractivity contribution in [3.63, 3.8) is 0 Å². The number of hydrogen-bond donors (Lipinski definition) is 2. The van der Waals surface area contributed by atoms with Crippen molar-refractivity contribution in [1.29, 1.82) is 0 Å². The molecule has 0 bridgehead atoms. The zero-order chi connectivity index (χ0) is 22.4. The van der Waals surface area contributed by atoms with Gasteiger partial charge in [-0.2, -0.15) is 0 Å². The van der Waals surface area contributed by atoms with Crippen LogP contribution >= 0.6 is 54.5 Å². The fourth-order valence-corrected chi connectivity index (χ4v) is 4.66. The van der Waals surface area contributed by atoms with Crippen molar-refractivity contribution in [2.75, 3.05) is 0 Å². The first kappa shape index (κ1) is 23.5. The van der Waals surface area contributed by atoms with Crippen LogP contribution in [0.15, 0.2) is 81.4 Å². The molecule has 3 rings (SSSR count). The van der Waals surface area contributed by atoms with Crippen LogP contribution in [0.4, 0.5) is 0 Å². The number of nitrogens with one attached hydrogen (secondary N) is 1. The van der Waals surface area contributed by atoms with Crippen LogP contribution in [-0.4, -0.2) is 17.0 Å². The van der Waals surface area contributed by atoms with Gasteiger partial charge in [0.25, 0.3) is 5.91 Å². The van der Waals surface area contributed by atoms with Crippen molar-refractivity contribution in [3.05, 3.63) is 102 Å². The van der Waals surface area contributed by atoms with Gasteiger partial charge in [-0.05, 0) is 96.4 Å². The molecule has 0 aliphatic carbocycles. The van der Waals surface area contributed by atoms with E-state index >= 15 is 0 Å². The first-order valence-electron chi connectivity index (χ1n) is 9.02. The molecule has 0 saturated heterocycles. The number of benzene rings is 3. The number of carboxylic acid groups (broad SMARTS) is 1. The summed E-state index contributed by atoms with van der Waals surface area (Å²) in [5.74, 6) is -1.14. The van der Waals surface area contributed by atoms with Crippen molar-refractivity contribution in [2.24, 2.45) is 0 Å². The quantitative estimate of drug-likeness (QED) is 0.233. The Kier molecular flexibility index (Phi) is 8.28. The minimum Gasteiger partial charge on any atom is -0.486 e. The molecule has 3 aromatic rings. The van der Waals surface area contributed by atoms with Crippen LogP contribution < -0.4 is 10.1 Å². The molecule has 0 heterocycles. The van der Waals surface area contributed by atoms with Gasteiger partial charge in [0.05, 0.1) is 8.95 Å². The van der Waals surface area contributed by atoms with Crippen molar-refractivity contribution in [3.8, 4) is 5.75 Å². The first-order valence-corrected chi connectivity index (χ1v) is 11.7. The largest absolute Gasteiger partial charge is 0.486 e. The molecule has 31 heavy (non-hydrogen) atoms. The summed E-state index contributed by atoms with van der Waals surface area (Å²) in [6.45, 7) is 0.388. The van der Waals surface area contributed by atoms with Crippen molar-refractivity contribution in [1.82, 2.24) is 5.32 Å². The number of rotatable bonds is 7. The van der Waals surface area contributed by atoms with E-state index in [2.05, 4.69) is 59.8 Å². The molecule has 0 atom stereocenters. The molecule has 0 aliphatic heterocycles. The fourth-order valence-electron chi connectivity index (χ4n) is 2.67. The number of aliphatic carboxylic acids is 1. The van der Waals surface area contributed by atoms with Crippen LogP contribution in [0.3, 0.4) is 0 Å². The molecule has 3 aromatic carbocycles. The average Bonchev–Trinajstić information content (AvgIpc) is 2.74. The molecule has 0 aromatic heterocycles. The zero-order valence-corrected chi connectivity index (χ0v) is 21.3. The second-order valence-electron chi connectivity index (χ2n) is 6.38. The minimum absolute atomic E-state index is 0.236. The Hall–Kier alpha value is -2.17. The predicted octanol–water partition coefficient (Wildman–Crippen LogP) is 6.25. The van der Waals surface area contributed by atoms with Gasteiger partial charge in [0.15, 0.2) is 0 Å². The summed E-state index contributed by atoms with van der Waals surface area (Å²) in [5.41, 5.74) is 1.77. The second-order valence-corrected chi connectivity index (χ2v) is 9.25. The topological polar surface area (TPSA) is 75.6 Å². The van der Waals surface area contributed by atoms with Crippen LogP contribution in [0.1, 0.15) is 21.5 Å². The normalized spacial score (nSPS) is 11.1. The highest BCUT2D eigenvalue weighted by Gasteiger charge is 2.15. The Bertz CT molecular complexity index is 1130. The van der Waals surface area contributed by atoms with Gasteiger partial charge in [-0.25, -0.2) is 4.79 Å². The van der Waals surface area contributed by atoms with E-state index in [9.17, 15) is 14.7 Å². The number of carbonyl (C=O) groups is 2. The average molecular weight is 657 g/mol. The molecule has 0 radical (unpaired) electrons. The Morgan fingerprint density at radius 1 is 1.00 bits per heavy atom. The maximum absolute atomic E-state index is 12.3. The highest BCUT2D eigenvalue weighted by molar-refractivity contribution is 14.1. The van der Waals surface area contributed by atoms with Gasteiger partial charge in [-0.3, -0.25) is 4.79 Å². The van der Waals surface area contributed by atoms with E-state index in [-0.39, 0.29) is 5.70 Å². The van der Waals surface area contributed by atoms with Crippen LogP contribution in [-0.2, 0) is 11.4 Å². The first-order chi connectivity index (χ1) is 14.8. The van der Waals surface area contributed by atoms with Crippen LogP contribution in [0.5, 0.6) is 5.75 Å². The van der Waals surface area contributed by atoms with Gasteiger partial charge in [0, 0.05) is 14.7 Å². The lowest BCUT2D eigenvalue weighted by Gasteiger charge is -2.13. The maximum atomic E-state index is 12.3. The lowest BCUT2D eigenvalue weighted by molar-refractivity contribution is -0.132. The lowest BCUT2D eigenvalue weighted by atomic mass is 10.1. The Morgan fingerprint density at radius 2 is 1.61 bits per heavy atom. The van der Waals surface area contributed by atoms with E-state index in [4.69, 9.17) is 4.74 Å². The van der Waals surface area contributed by atoms with Crippen LogP contribution in [0.2, 0.25) is 0 Å². The van der Waals surface area contributed by atoms with Gasteiger partial charge in [-0.1, -0.05) is 36.4 Å². The predicted molar refractivity (Wildman–Crippen MR) is 135 cm³/mol. The van der Waals surface area contributed by atoms with Crippen molar-refractivity contribution < 1.29 is 19.4 Å². The summed E-state index contributed by atoms with van der Waals surface area (Å²) in [7, 11) is 0. The van der Waals surface area contributed by atoms with E-state index in [1.807, 2.05) is 24.3 Å². The minimum atomic E-state index is -1.24. The summed E-state index contributed by atoms with van der Waals surface area (Å²) < 4.78 is 8.37. The molecule has 1 amide bonds. The molecule has 0 aliphatic rings. The molecule has 0 spiro atoms. The summed E-state index contributed by atoms with van der Waals surface area (Å²) in [6, 6.07) is 19.8. The highest BCUT2D eigenvalue weighted by Crippen LogP contribution is 2.36. The SMILES string of the molecule is O=C(O)/C(=C\c1cc(Br)c(OCc2ccccc2I)c(Br)c1)NC(=O)c1ccccc1. The smallest absolute Gasteiger partial charge is 0.352 e. The second kappa shape index (κ2) is 10.9. The number of amides is 1. The summed E-state index contributed by atoms with van der Waals surface area (Å²) >= 11 is 9.22. The molecule has 5 nitrogen and oxygen atoms in total. The highest BCUT2D eigenvalue weighted by atomic mass is 127. The van der Waals surface area contributed by atoms with E-state index in [0.717, 1.165) is 9.13 Å². The van der Waals surface area contributed by atoms with Gasteiger partial charge >= 0.3 is 5.97 Å². The molecule has 8 heteroatoms. The summed E-state index contributed by atoms with van der Waals surface area (Å²) in [6.07, 6.45) is 1.39. The Balaban J connectivity index is 1.81. The van der Waals surface area contributed by atoms with Crippen molar-refractivity contribution in [2.45, 2.75) is 6.61 Å². The third-order valence-corrected chi connectivity index (χ3v) is 6.41. The number of carboxylic acids is 1. The molecule has 0 fully saturated rings. The standard InChI is InChI=1S/C23H16Br2INO4/c24-17-10-14(11-18(25)21(17)31-13-16-8-4-5-9-19(16)26)12-20(23(29)30)27-22(28)15-6-2-1-3-7-15/h1-12H,13H2,(H,27,28)(H,29,30)/b20-12+. The number of ether oxygens (including phenoxy) is 1. The van der Waals surface area contributed by atoms with Gasteiger partial charge in [0.2, 0.25) is 0 Å². The molecular weight excluding hydrogens is 641 g/mol. The number of carbonyl (C=O) groups excluding carboxylic acids is 1. The Labute approximate surface area is 209 Å². The van der Waals surface area contributed by atoms with E-state index in [1.165, 1.54) is 6.08 Å². The Morgan fingerprint density at radius 3 is 2.23 bits per heavy atom. The molecule has 0 unspecified atom stereocenters. The third kappa shape index (κ3) is 6.41. The van der Waals surface area contributed by atoms with E-state index in [0.29, 0.717) is 32.4 Å². The van der Waals surface area contributed by atoms with Crippen LogP contribution in [0.25, 0.3) is 6.08 Å². The van der Waals surface area contributed by atoms with E-state index in [1.54, 1.807) is 42.5 Å². The number of halogens is 3. The monoisotopic (exact) mass is 655 g/mol. The molecule has 2 N–H and O–H groups in total. The van der Waals surface area contributed by atoms with Crippen LogP contribution in [0, 0.1) is 3.57 Å². The third-order valence-electron chi connectivity index (χ3n) is 4.18. The summed E-state index contributed by atoms with van der Waals surface area (Å²) in [4.78, 5) is 24.0. The van der Waals surface area contributed by atoms with Gasteiger partial charge in [0.1, 0.15) is 18.1 Å². The lowest BCUT2D eigenvalue weighted by Crippen LogP contribution is -2.27. The van der Waals surface area contributed by atoms with E-state index < -0.39 is 11.9 Å². The van der Waals surface area contributed by atoms with Crippen molar-refractivity contribution >= 4 is 72.4 Å². The van der Waals surface area contributed by atoms with Gasteiger partial charge in [-0.15, -0.1) is 0 Å². The van der Waals surface area contributed by atoms with Gasteiger partial charge < -0.3 is 15.2 Å². The fraction of sp³-hybridized carbons (Fsp3) is 0.0435. The molecule has 158 valence electrons. The zero-order valence-electron chi connectivity index (χ0n) is 15.9. The molecular formula is C23H16Br2INO4. The number of hydrogen-bond acceptors (Lipinski definition) is 3. The molecule has 0 saturated carbocycles. The maximum Gasteiger partial charge on any atom is 0.352 e.